The number of anilines is 1. The van der Waals surface area contributed by atoms with Gasteiger partial charge in [0.05, 0.1) is 0 Å². The molecule has 6 nitrogen and oxygen atoms in total. The average Bonchev–Trinajstić information content (AvgIpc) is 3.33. The van der Waals surface area contributed by atoms with Gasteiger partial charge in [0.1, 0.15) is 0 Å². The van der Waals surface area contributed by atoms with Gasteiger partial charge >= 0.3 is 149 Å². The molecule has 0 radical (unpaired) electrons. The number of carbonyl (C=O) groups excluding carboxylic acids is 1. The summed E-state index contributed by atoms with van der Waals surface area (Å²) in [6.07, 6.45) is 4.18. The Morgan fingerprint density at radius 1 is 1.00 bits per heavy atom. The van der Waals surface area contributed by atoms with E-state index in [4.69, 9.17) is 0 Å². The number of rotatable bonds is 9. The first-order valence-electron chi connectivity index (χ1n) is 9.94. The van der Waals surface area contributed by atoms with Crippen LogP contribution in [0.1, 0.15) is 29.8 Å². The number of benzene rings is 2. The molecule has 2 heterocycles. The van der Waals surface area contributed by atoms with Crippen LogP contribution in [0.25, 0.3) is 9.65 Å². The van der Waals surface area contributed by atoms with Crippen LogP contribution < -0.4 is 10.9 Å². The second-order valence-electron chi connectivity index (χ2n) is 7.02. The van der Waals surface area contributed by atoms with E-state index in [1.54, 1.807) is 0 Å². The first kappa shape index (κ1) is 20.7. The van der Waals surface area contributed by atoms with E-state index in [0.29, 0.717) is 11.6 Å². The zero-order chi connectivity index (χ0) is 20.8. The van der Waals surface area contributed by atoms with Crippen molar-refractivity contribution in [2.24, 2.45) is 0 Å². The van der Waals surface area contributed by atoms with Crippen LogP contribution in [-0.2, 0) is 24.2 Å². The number of carbonyl (C=O) groups is 1. The van der Waals surface area contributed by atoms with Gasteiger partial charge in [-0.1, -0.05) is 30.3 Å². The molecule has 0 saturated heterocycles. The Morgan fingerprint density at radius 2 is 1.80 bits per heavy atom. The van der Waals surface area contributed by atoms with Crippen LogP contribution in [0.2, 0.25) is 0 Å². The number of fused-ring (bicyclic) bond motifs is 1. The van der Waals surface area contributed by atoms with Crippen molar-refractivity contribution in [3.8, 4) is 0 Å². The van der Waals surface area contributed by atoms with Crippen molar-refractivity contribution in [2.75, 3.05) is 5.32 Å². The van der Waals surface area contributed by atoms with E-state index in [2.05, 4.69) is 21.6 Å². The van der Waals surface area contributed by atoms with Crippen molar-refractivity contribution in [2.45, 2.75) is 38.6 Å². The summed E-state index contributed by atoms with van der Waals surface area (Å²) in [5, 5.41) is 13.4. The summed E-state index contributed by atoms with van der Waals surface area (Å²) in [4.78, 5) is 24.5. The summed E-state index contributed by atoms with van der Waals surface area (Å²) in [7, 11) is 0. The molecule has 8 heteroatoms. The minimum absolute atomic E-state index is 0.0814. The zero-order valence-corrected chi connectivity index (χ0v) is 18.9. The molecular weight excluding hydrogens is 463 g/mol. The summed E-state index contributed by atoms with van der Waals surface area (Å²) < 4.78 is 3.17. The van der Waals surface area contributed by atoms with E-state index in [9.17, 15) is 9.59 Å². The molecule has 154 valence electrons. The molecule has 0 aliphatic heterocycles. The maximum atomic E-state index is 12.4. The average molecular weight is 485 g/mol. The van der Waals surface area contributed by atoms with E-state index in [1.807, 2.05) is 52.1 Å². The molecule has 2 aromatic heterocycles. The first-order chi connectivity index (χ1) is 14.7. The number of aromatic nitrogens is 3. The predicted molar refractivity (Wildman–Crippen MR) is 121 cm³/mol. The fraction of sp³-hybridized carbons (Fsp3) is 0.273. The summed E-state index contributed by atoms with van der Waals surface area (Å²) in [5.41, 5.74) is 1.14. The number of nitrogens with one attached hydrogen (secondary N) is 1. The van der Waals surface area contributed by atoms with E-state index in [0.717, 1.165) is 48.2 Å². The van der Waals surface area contributed by atoms with E-state index >= 15 is 0 Å². The molecule has 0 unspecified atom stereocenters. The molecule has 0 aliphatic rings. The third kappa shape index (κ3) is 5.33. The van der Waals surface area contributed by atoms with Gasteiger partial charge in [-0.3, -0.25) is 0 Å². The van der Waals surface area contributed by atoms with E-state index in [-0.39, 0.29) is 26.2 Å². The van der Waals surface area contributed by atoms with Gasteiger partial charge in [0.25, 0.3) is 0 Å². The van der Waals surface area contributed by atoms with Crippen molar-refractivity contribution in [1.29, 1.82) is 0 Å². The molecule has 4 rings (SSSR count). The Hall–Kier alpha value is -2.54. The van der Waals surface area contributed by atoms with Crippen LogP contribution in [0.5, 0.6) is 0 Å². The number of unbranched alkanes of at least 4 members (excludes halogenated alkanes) is 2. The molecule has 1 amide bonds. The molecule has 0 bridgehead atoms. The predicted octanol–water partition coefficient (Wildman–Crippen LogP) is 3.50. The van der Waals surface area contributed by atoms with Gasteiger partial charge in [0, 0.05) is 0 Å². The quantitative estimate of drug-likeness (QED) is 0.291. The summed E-state index contributed by atoms with van der Waals surface area (Å²) in [5.74, 6) is -0.0814. The van der Waals surface area contributed by atoms with Crippen LogP contribution in [0, 0.1) is 0 Å². The summed E-state index contributed by atoms with van der Waals surface area (Å²) in [6.45, 7) is 0.810. The standard InChI is InChI=1S/C22H22N4O2SSe/c27-19(15-16-9-3-1-4-10-16)23-22-25-24-20(29-22)13-5-2-8-14-26-21(28)17-11-6-7-12-18(17)30-26/h1,3-4,6-7,9-12H,2,5,8,13-15H2,(H,23,25,27). The number of nitrogens with zero attached hydrogens (tertiary/aromatic N) is 3. The molecule has 2 aromatic carbocycles. The van der Waals surface area contributed by atoms with Crippen LogP contribution in [-0.4, -0.2) is 34.4 Å². The molecule has 0 aliphatic carbocycles. The molecule has 0 spiro atoms. The SMILES string of the molecule is O=C(Cc1ccccc1)Nc1nnc(CCCCCn2[se]c3ccccc3c2=O)s1. The topological polar surface area (TPSA) is 76.9 Å². The molecule has 1 N–H and O–H groups in total. The van der Waals surface area contributed by atoms with Gasteiger partial charge < -0.3 is 0 Å². The second kappa shape index (κ2) is 9.98. The van der Waals surface area contributed by atoms with Gasteiger partial charge in [-0.25, -0.2) is 0 Å². The summed E-state index contributed by atoms with van der Waals surface area (Å²) >= 11 is 1.54. The Balaban J connectivity index is 1.19. The molecule has 0 atom stereocenters. The van der Waals surface area contributed by atoms with Crippen LogP contribution >= 0.6 is 11.3 Å². The van der Waals surface area contributed by atoms with Gasteiger partial charge in [-0.2, -0.15) is 0 Å². The Morgan fingerprint density at radius 3 is 2.63 bits per heavy atom. The van der Waals surface area contributed by atoms with Crippen LogP contribution in [0.4, 0.5) is 5.13 Å². The van der Waals surface area contributed by atoms with Gasteiger partial charge in [0.2, 0.25) is 0 Å². The fourth-order valence-electron chi connectivity index (χ4n) is 3.22. The fourth-order valence-corrected chi connectivity index (χ4v) is 6.19. The second-order valence-corrected chi connectivity index (χ2v) is 10.3. The third-order valence-corrected chi connectivity index (χ3v) is 7.98. The Kier molecular flexibility index (Phi) is 6.89. The minimum atomic E-state index is -0.0814. The third-order valence-electron chi connectivity index (χ3n) is 4.73. The Bertz CT molecular complexity index is 1180. The first-order valence-corrected chi connectivity index (χ1v) is 12.4. The van der Waals surface area contributed by atoms with E-state index < -0.39 is 0 Å². The zero-order valence-electron chi connectivity index (χ0n) is 16.4. The van der Waals surface area contributed by atoms with Crippen molar-refractivity contribution < 1.29 is 4.79 Å². The number of hydrogen-bond donors (Lipinski definition) is 1. The molecule has 0 saturated carbocycles. The number of aryl methyl sites for hydroxylation is 2. The van der Waals surface area contributed by atoms with Gasteiger partial charge in [-0.05, 0) is 5.56 Å². The number of amides is 1. The van der Waals surface area contributed by atoms with Crippen molar-refractivity contribution in [3.63, 3.8) is 0 Å². The van der Waals surface area contributed by atoms with Crippen molar-refractivity contribution >= 4 is 46.8 Å². The van der Waals surface area contributed by atoms with Gasteiger partial charge in [0.15, 0.2) is 0 Å². The molecule has 30 heavy (non-hydrogen) atoms. The normalized spacial score (nSPS) is 11.1. The molecular formula is C22H22N4O2SSe. The maximum absolute atomic E-state index is 12.4. The Labute approximate surface area is 184 Å². The molecule has 0 fully saturated rings. The molecule has 4 aromatic rings. The number of hydrogen-bond acceptors (Lipinski definition) is 5. The van der Waals surface area contributed by atoms with Crippen LogP contribution in [0.15, 0.2) is 59.4 Å². The van der Waals surface area contributed by atoms with Crippen molar-refractivity contribution in [1.82, 2.24) is 13.8 Å². The van der Waals surface area contributed by atoms with Gasteiger partial charge in [-0.15, -0.1) is 0 Å². The van der Waals surface area contributed by atoms with Crippen molar-refractivity contribution in [3.05, 3.63) is 75.5 Å². The monoisotopic (exact) mass is 486 g/mol. The van der Waals surface area contributed by atoms with E-state index in [1.165, 1.54) is 15.6 Å². The summed E-state index contributed by atoms with van der Waals surface area (Å²) in [6, 6.07) is 17.5. The van der Waals surface area contributed by atoms with Crippen LogP contribution in [0.3, 0.4) is 0 Å².